The van der Waals surface area contributed by atoms with Crippen molar-refractivity contribution >= 4 is 32.5 Å². The normalized spacial score (nSPS) is 12.1. The zero-order chi connectivity index (χ0) is 29.4. The predicted octanol–water partition coefficient (Wildman–Crippen LogP) is 4.14. The first-order valence-electron chi connectivity index (χ1n) is 13.6. The SMILES string of the molecule is BOC=NCCCC(CCCNC(=O)OC(C)(C)C)(CCCNC(=O)OC(C)(C)C)NC(=O)c1ccccc1. The predicted molar refractivity (Wildman–Crippen MR) is 156 cm³/mol. The number of ether oxygens (including phenoxy) is 2. The summed E-state index contributed by atoms with van der Waals surface area (Å²) in [5, 5.41) is 8.88. The van der Waals surface area contributed by atoms with Gasteiger partial charge in [-0.1, -0.05) is 18.2 Å². The van der Waals surface area contributed by atoms with Crippen molar-refractivity contribution in [3.05, 3.63) is 35.9 Å². The van der Waals surface area contributed by atoms with Crippen molar-refractivity contribution in [2.75, 3.05) is 19.6 Å². The van der Waals surface area contributed by atoms with E-state index in [4.69, 9.17) is 14.1 Å². The van der Waals surface area contributed by atoms with Gasteiger partial charge in [0, 0.05) is 30.7 Å². The van der Waals surface area contributed by atoms with Crippen LogP contribution in [0.2, 0.25) is 0 Å². The maximum atomic E-state index is 13.3. The molecule has 0 fully saturated rings. The van der Waals surface area contributed by atoms with Crippen LogP contribution in [0, 0.1) is 0 Å². The largest absolute Gasteiger partial charge is 0.560 e. The number of nitrogens with zero attached hydrogens (tertiary/aromatic N) is 1. The fourth-order valence-electron chi connectivity index (χ4n) is 3.96. The van der Waals surface area contributed by atoms with Crippen molar-refractivity contribution < 1.29 is 28.5 Å². The highest BCUT2D eigenvalue weighted by Crippen LogP contribution is 2.26. The molecule has 0 aliphatic heterocycles. The van der Waals surface area contributed by atoms with Crippen molar-refractivity contribution in [3.8, 4) is 0 Å². The molecule has 3 N–H and O–H groups in total. The molecule has 1 aromatic carbocycles. The fraction of sp³-hybridized carbons (Fsp3) is 0.643. The van der Waals surface area contributed by atoms with E-state index in [2.05, 4.69) is 20.9 Å². The van der Waals surface area contributed by atoms with Crippen molar-refractivity contribution in [2.24, 2.45) is 4.99 Å². The van der Waals surface area contributed by atoms with Gasteiger partial charge in [0.15, 0.2) is 6.40 Å². The van der Waals surface area contributed by atoms with Crippen LogP contribution in [0.25, 0.3) is 0 Å². The van der Waals surface area contributed by atoms with E-state index in [1.807, 2.05) is 59.7 Å². The minimum Gasteiger partial charge on any atom is -0.560 e. The number of nitrogens with one attached hydrogen (secondary N) is 3. The van der Waals surface area contributed by atoms with Crippen molar-refractivity contribution in [1.82, 2.24) is 16.0 Å². The van der Waals surface area contributed by atoms with E-state index in [-0.39, 0.29) is 5.91 Å². The van der Waals surface area contributed by atoms with Crippen molar-refractivity contribution in [2.45, 2.75) is 96.8 Å². The fourth-order valence-corrected chi connectivity index (χ4v) is 3.96. The Morgan fingerprint density at radius 3 is 1.77 bits per heavy atom. The molecule has 0 saturated carbocycles. The second-order valence-corrected chi connectivity index (χ2v) is 11.5. The van der Waals surface area contributed by atoms with Gasteiger partial charge >= 0.3 is 20.2 Å². The summed E-state index contributed by atoms with van der Waals surface area (Å²) >= 11 is 0. The van der Waals surface area contributed by atoms with Gasteiger partial charge in [-0.3, -0.25) is 9.79 Å². The second kappa shape index (κ2) is 16.7. The summed E-state index contributed by atoms with van der Waals surface area (Å²) in [6.45, 7) is 12.2. The van der Waals surface area contributed by atoms with Gasteiger partial charge in [0.2, 0.25) is 0 Å². The van der Waals surface area contributed by atoms with Crippen LogP contribution >= 0.6 is 0 Å². The maximum absolute atomic E-state index is 13.3. The molecule has 0 bridgehead atoms. The Bertz CT molecular complexity index is 877. The van der Waals surface area contributed by atoms with Crippen LogP contribution in [0.1, 0.15) is 90.4 Å². The minimum absolute atomic E-state index is 0.170. The lowest BCUT2D eigenvalue weighted by molar-refractivity contribution is 0.0516. The Kier molecular flexibility index (Phi) is 14.4. The summed E-state index contributed by atoms with van der Waals surface area (Å²) < 4.78 is 15.6. The second-order valence-electron chi connectivity index (χ2n) is 11.5. The molecule has 0 saturated heterocycles. The quantitative estimate of drug-likeness (QED) is 0.131. The average molecular weight is 547 g/mol. The van der Waals surface area contributed by atoms with Crippen molar-refractivity contribution in [3.63, 3.8) is 0 Å². The number of hydrogen-bond acceptors (Lipinski definition) is 7. The molecule has 10 nitrogen and oxygen atoms in total. The summed E-state index contributed by atoms with van der Waals surface area (Å²) in [4.78, 5) is 41.7. The number of alkyl carbamates (subject to hydrolysis) is 2. The topological polar surface area (TPSA) is 127 Å². The smallest absolute Gasteiger partial charge is 0.407 e. The molecule has 0 aliphatic rings. The van der Waals surface area contributed by atoms with Crippen LogP contribution in [-0.2, 0) is 14.1 Å². The van der Waals surface area contributed by atoms with Gasteiger partial charge in [-0.25, -0.2) is 9.59 Å². The lowest BCUT2D eigenvalue weighted by Gasteiger charge is -2.36. The molecule has 0 unspecified atom stereocenters. The van der Waals surface area contributed by atoms with Crippen LogP contribution in [0.3, 0.4) is 0 Å². The Morgan fingerprint density at radius 1 is 0.821 bits per heavy atom. The summed E-state index contributed by atoms with van der Waals surface area (Å²) in [6, 6.07) is 9.06. The lowest BCUT2D eigenvalue weighted by atomic mass is 9.83. The summed E-state index contributed by atoms with van der Waals surface area (Å²) in [5.41, 5.74) is -1.18. The first-order valence-corrected chi connectivity index (χ1v) is 13.6. The monoisotopic (exact) mass is 546 g/mol. The van der Waals surface area contributed by atoms with Crippen LogP contribution in [0.4, 0.5) is 9.59 Å². The van der Waals surface area contributed by atoms with Gasteiger partial charge in [0.1, 0.15) is 11.2 Å². The molecular formula is C28H47BN4O6. The molecule has 0 aromatic heterocycles. The molecule has 0 heterocycles. The highest BCUT2D eigenvalue weighted by molar-refractivity contribution is 6.02. The summed E-state index contributed by atoms with van der Waals surface area (Å²) in [5.74, 6) is -0.170. The number of carbonyl (C=O) groups excluding carboxylic acids is 3. The van der Waals surface area contributed by atoms with Crippen LogP contribution < -0.4 is 16.0 Å². The first kappa shape index (κ1) is 33.8. The van der Waals surface area contributed by atoms with Gasteiger partial charge in [-0.2, -0.15) is 0 Å². The van der Waals surface area contributed by atoms with Gasteiger partial charge in [0.05, 0.1) is 0 Å². The highest BCUT2D eigenvalue weighted by atomic mass is 16.6. The molecule has 0 spiro atoms. The molecule has 0 aliphatic carbocycles. The Hall–Kier alpha value is -3.24. The number of aliphatic imine (C=N–C) groups is 1. The highest BCUT2D eigenvalue weighted by Gasteiger charge is 2.31. The third-order valence-electron chi connectivity index (χ3n) is 5.54. The Balaban J connectivity index is 2.97. The average Bonchev–Trinajstić information content (AvgIpc) is 2.83. The minimum atomic E-state index is -0.583. The van der Waals surface area contributed by atoms with E-state index in [1.54, 1.807) is 20.2 Å². The van der Waals surface area contributed by atoms with E-state index < -0.39 is 28.9 Å². The number of hydrogen-bond donors (Lipinski definition) is 3. The van der Waals surface area contributed by atoms with E-state index in [1.165, 1.54) is 6.40 Å². The van der Waals surface area contributed by atoms with E-state index >= 15 is 0 Å². The molecular weight excluding hydrogens is 499 g/mol. The van der Waals surface area contributed by atoms with E-state index in [0.717, 1.165) is 0 Å². The maximum Gasteiger partial charge on any atom is 0.407 e. The van der Waals surface area contributed by atoms with Gasteiger partial charge in [-0.05, 0) is 92.2 Å². The lowest BCUT2D eigenvalue weighted by Crippen LogP contribution is -2.49. The third-order valence-corrected chi connectivity index (χ3v) is 5.54. The molecule has 1 rings (SSSR count). The molecule has 0 atom stereocenters. The van der Waals surface area contributed by atoms with Crippen LogP contribution in [0.5, 0.6) is 0 Å². The standard InChI is InChI=1S/C28H47BN4O6/c1-26(2,3)38-24(35)31-19-11-16-28(15-10-18-30-21-37-29,33-23(34)22-13-8-7-9-14-22)17-12-20-32-25(36)39-27(4,5)6/h7-9,13-14,21H,10-12,15-20,29H2,1-6H3,(H,31,35)(H,32,36)(H,33,34). The van der Waals surface area contributed by atoms with Gasteiger partial charge in [-0.15, -0.1) is 0 Å². The molecule has 11 heteroatoms. The Labute approximate surface area is 234 Å². The van der Waals surface area contributed by atoms with Crippen LogP contribution in [0.15, 0.2) is 35.3 Å². The molecule has 1 aromatic rings. The number of rotatable bonds is 15. The summed E-state index contributed by atoms with van der Waals surface area (Å²) in [7, 11) is 1.54. The number of carbonyl (C=O) groups is 3. The van der Waals surface area contributed by atoms with Gasteiger partial charge < -0.3 is 30.1 Å². The number of amides is 3. The summed E-state index contributed by atoms with van der Waals surface area (Å²) in [6.07, 6.45) is 4.29. The van der Waals surface area contributed by atoms with E-state index in [0.29, 0.717) is 63.7 Å². The van der Waals surface area contributed by atoms with Gasteiger partial charge in [0.25, 0.3) is 5.91 Å². The zero-order valence-corrected chi connectivity index (χ0v) is 24.7. The molecule has 218 valence electrons. The van der Waals surface area contributed by atoms with Crippen LogP contribution in [-0.4, -0.2) is 68.9 Å². The molecule has 39 heavy (non-hydrogen) atoms. The first-order chi connectivity index (χ1) is 18.3. The zero-order valence-electron chi connectivity index (χ0n) is 24.7. The molecule has 0 radical (unpaired) electrons. The van der Waals surface area contributed by atoms with Crippen molar-refractivity contribution in [1.29, 1.82) is 0 Å². The Morgan fingerprint density at radius 2 is 1.31 bits per heavy atom. The molecule has 3 amide bonds. The third kappa shape index (κ3) is 16.4. The van der Waals surface area contributed by atoms with E-state index in [9.17, 15) is 14.4 Å². The number of benzene rings is 1.